The molecular weight excluding hydrogens is 290 g/mol. The first-order valence-corrected chi connectivity index (χ1v) is 7.65. The lowest BCUT2D eigenvalue weighted by Crippen LogP contribution is -2.24. The van der Waals surface area contributed by atoms with Crippen molar-refractivity contribution in [3.05, 3.63) is 34.3 Å². The zero-order valence-electron chi connectivity index (χ0n) is 12.3. The molecule has 0 atom stereocenters. The second kappa shape index (κ2) is 9.40. The van der Waals surface area contributed by atoms with Crippen molar-refractivity contribution in [2.75, 3.05) is 6.54 Å². The fourth-order valence-electron chi connectivity index (χ4n) is 2.05. The Labute approximate surface area is 130 Å². The number of aryl methyl sites for hydroxylation is 1. The Balaban J connectivity index is 2.17. The molecule has 0 saturated heterocycles. The highest BCUT2D eigenvalue weighted by molar-refractivity contribution is 6.34. The highest BCUT2D eigenvalue weighted by Gasteiger charge is 2.10. The minimum atomic E-state index is -0.739. The molecule has 0 spiro atoms. The standard InChI is InChI=1S/C16H22ClNO3/c1-12-8-7-9-13(15(12)17)16(21)18-11-6-4-2-3-5-10-14(19)20/h7-9H,2-6,10-11H2,1H3,(H,18,21)(H,19,20). The van der Waals surface area contributed by atoms with Gasteiger partial charge < -0.3 is 10.4 Å². The number of nitrogens with one attached hydrogen (secondary N) is 1. The van der Waals surface area contributed by atoms with Crippen LogP contribution in [0.5, 0.6) is 0 Å². The van der Waals surface area contributed by atoms with Crippen LogP contribution in [0.1, 0.15) is 54.4 Å². The molecule has 21 heavy (non-hydrogen) atoms. The quantitative estimate of drug-likeness (QED) is 0.682. The molecular formula is C16H22ClNO3. The van der Waals surface area contributed by atoms with Crippen molar-refractivity contribution < 1.29 is 14.7 Å². The topological polar surface area (TPSA) is 66.4 Å². The summed E-state index contributed by atoms with van der Waals surface area (Å²) < 4.78 is 0. The number of carbonyl (C=O) groups excluding carboxylic acids is 1. The van der Waals surface area contributed by atoms with Crippen LogP contribution in [0.25, 0.3) is 0 Å². The van der Waals surface area contributed by atoms with Gasteiger partial charge in [0.25, 0.3) is 5.91 Å². The van der Waals surface area contributed by atoms with Crippen molar-refractivity contribution in [3.8, 4) is 0 Å². The molecule has 1 rings (SSSR count). The van der Waals surface area contributed by atoms with Gasteiger partial charge in [-0.05, 0) is 31.4 Å². The molecule has 0 aliphatic heterocycles. The van der Waals surface area contributed by atoms with E-state index >= 15 is 0 Å². The molecule has 4 nitrogen and oxygen atoms in total. The van der Waals surface area contributed by atoms with Crippen LogP contribution in [0.15, 0.2) is 18.2 Å². The number of carboxylic acids is 1. The lowest BCUT2D eigenvalue weighted by Gasteiger charge is -2.08. The Kier molecular flexibility index (Phi) is 7.83. The highest BCUT2D eigenvalue weighted by atomic mass is 35.5. The van der Waals surface area contributed by atoms with Crippen LogP contribution in [0.3, 0.4) is 0 Å². The summed E-state index contributed by atoms with van der Waals surface area (Å²) in [7, 11) is 0. The first-order valence-electron chi connectivity index (χ1n) is 7.27. The average molecular weight is 312 g/mol. The Bertz CT molecular complexity index is 488. The average Bonchev–Trinajstić information content (AvgIpc) is 2.44. The van der Waals surface area contributed by atoms with Gasteiger partial charge in [-0.1, -0.05) is 43.0 Å². The number of benzene rings is 1. The van der Waals surface area contributed by atoms with E-state index in [0.29, 0.717) is 17.1 Å². The van der Waals surface area contributed by atoms with Gasteiger partial charge in [-0.15, -0.1) is 0 Å². The number of halogens is 1. The van der Waals surface area contributed by atoms with E-state index in [-0.39, 0.29) is 12.3 Å². The third-order valence-corrected chi connectivity index (χ3v) is 3.79. The summed E-state index contributed by atoms with van der Waals surface area (Å²) in [5.41, 5.74) is 1.40. The predicted octanol–water partition coefficient (Wildman–Crippen LogP) is 3.80. The smallest absolute Gasteiger partial charge is 0.303 e. The molecule has 0 bridgehead atoms. The zero-order valence-corrected chi connectivity index (χ0v) is 13.1. The molecule has 0 radical (unpaired) electrons. The van der Waals surface area contributed by atoms with Crippen molar-refractivity contribution in [2.45, 2.75) is 45.4 Å². The first-order chi connectivity index (χ1) is 10.0. The van der Waals surface area contributed by atoms with Crippen molar-refractivity contribution in [3.63, 3.8) is 0 Å². The van der Waals surface area contributed by atoms with E-state index in [9.17, 15) is 9.59 Å². The minimum Gasteiger partial charge on any atom is -0.481 e. The maximum absolute atomic E-state index is 12.0. The predicted molar refractivity (Wildman–Crippen MR) is 83.9 cm³/mol. The van der Waals surface area contributed by atoms with Gasteiger partial charge in [-0.2, -0.15) is 0 Å². The van der Waals surface area contributed by atoms with Gasteiger partial charge in [0.1, 0.15) is 0 Å². The number of carboxylic acid groups (broad SMARTS) is 1. The Morgan fingerprint density at radius 1 is 1.14 bits per heavy atom. The zero-order chi connectivity index (χ0) is 15.7. The molecule has 116 valence electrons. The number of hydrogen-bond acceptors (Lipinski definition) is 2. The van der Waals surface area contributed by atoms with E-state index in [1.165, 1.54) is 0 Å². The van der Waals surface area contributed by atoms with Crippen molar-refractivity contribution in [1.82, 2.24) is 5.32 Å². The van der Waals surface area contributed by atoms with Crippen LogP contribution in [0.2, 0.25) is 5.02 Å². The summed E-state index contributed by atoms with van der Waals surface area (Å²) in [6.45, 7) is 2.48. The maximum Gasteiger partial charge on any atom is 0.303 e. The van der Waals surface area contributed by atoms with Crippen LogP contribution in [0.4, 0.5) is 0 Å². The summed E-state index contributed by atoms with van der Waals surface area (Å²) in [5.74, 6) is -0.883. The van der Waals surface area contributed by atoms with E-state index in [1.54, 1.807) is 6.07 Å². The van der Waals surface area contributed by atoms with Gasteiger partial charge >= 0.3 is 5.97 Å². The Morgan fingerprint density at radius 3 is 2.52 bits per heavy atom. The van der Waals surface area contributed by atoms with E-state index in [0.717, 1.165) is 37.7 Å². The number of amides is 1. The number of carbonyl (C=O) groups is 2. The third-order valence-electron chi connectivity index (χ3n) is 3.29. The molecule has 0 heterocycles. The van der Waals surface area contributed by atoms with Crippen LogP contribution in [0, 0.1) is 6.92 Å². The van der Waals surface area contributed by atoms with E-state index < -0.39 is 5.97 Å². The van der Waals surface area contributed by atoms with Crippen LogP contribution >= 0.6 is 11.6 Å². The second-order valence-electron chi connectivity index (χ2n) is 5.10. The molecule has 0 saturated carbocycles. The van der Waals surface area contributed by atoms with Crippen LogP contribution in [-0.4, -0.2) is 23.5 Å². The summed E-state index contributed by atoms with van der Waals surface area (Å²) in [6.07, 6.45) is 4.76. The molecule has 0 unspecified atom stereocenters. The highest BCUT2D eigenvalue weighted by Crippen LogP contribution is 2.20. The molecule has 0 fully saturated rings. The van der Waals surface area contributed by atoms with Gasteiger partial charge in [0.05, 0.1) is 10.6 Å². The Morgan fingerprint density at radius 2 is 1.81 bits per heavy atom. The summed E-state index contributed by atoms with van der Waals surface area (Å²) >= 11 is 6.10. The molecule has 0 aromatic heterocycles. The number of unbranched alkanes of at least 4 members (excludes halogenated alkanes) is 4. The van der Waals surface area contributed by atoms with Crippen LogP contribution in [-0.2, 0) is 4.79 Å². The fourth-order valence-corrected chi connectivity index (χ4v) is 2.26. The van der Waals surface area contributed by atoms with E-state index in [4.69, 9.17) is 16.7 Å². The van der Waals surface area contributed by atoms with Crippen molar-refractivity contribution in [2.24, 2.45) is 0 Å². The summed E-state index contributed by atoms with van der Waals surface area (Å²) in [4.78, 5) is 22.3. The van der Waals surface area contributed by atoms with Gasteiger partial charge in [0.15, 0.2) is 0 Å². The molecule has 2 N–H and O–H groups in total. The first kappa shape index (κ1) is 17.5. The summed E-state index contributed by atoms with van der Waals surface area (Å²) in [5, 5.41) is 11.9. The normalized spacial score (nSPS) is 10.4. The molecule has 1 amide bonds. The van der Waals surface area contributed by atoms with E-state index in [1.807, 2.05) is 19.1 Å². The van der Waals surface area contributed by atoms with Crippen molar-refractivity contribution in [1.29, 1.82) is 0 Å². The van der Waals surface area contributed by atoms with Crippen molar-refractivity contribution >= 4 is 23.5 Å². The fraction of sp³-hybridized carbons (Fsp3) is 0.500. The van der Waals surface area contributed by atoms with Gasteiger partial charge in [0.2, 0.25) is 0 Å². The molecule has 1 aromatic rings. The molecule has 5 heteroatoms. The Hall–Kier alpha value is -1.55. The number of rotatable bonds is 9. The lowest BCUT2D eigenvalue weighted by atomic mass is 10.1. The summed E-state index contributed by atoms with van der Waals surface area (Å²) in [6, 6.07) is 5.41. The monoisotopic (exact) mass is 311 g/mol. The van der Waals surface area contributed by atoms with Gasteiger partial charge in [0, 0.05) is 13.0 Å². The van der Waals surface area contributed by atoms with E-state index in [2.05, 4.69) is 5.32 Å². The largest absolute Gasteiger partial charge is 0.481 e. The molecule has 0 aliphatic carbocycles. The number of hydrogen-bond donors (Lipinski definition) is 2. The SMILES string of the molecule is Cc1cccc(C(=O)NCCCCCCCC(=O)O)c1Cl. The number of aliphatic carboxylic acids is 1. The lowest BCUT2D eigenvalue weighted by molar-refractivity contribution is -0.137. The third kappa shape index (κ3) is 6.63. The van der Waals surface area contributed by atoms with Crippen LogP contribution < -0.4 is 5.32 Å². The maximum atomic E-state index is 12.0. The minimum absolute atomic E-state index is 0.144. The van der Waals surface area contributed by atoms with Gasteiger partial charge in [-0.25, -0.2) is 0 Å². The molecule has 0 aliphatic rings. The second-order valence-corrected chi connectivity index (χ2v) is 5.48. The molecule has 1 aromatic carbocycles. The van der Waals surface area contributed by atoms with Gasteiger partial charge in [-0.3, -0.25) is 9.59 Å².